The zero-order valence-corrected chi connectivity index (χ0v) is 11.2. The smallest absolute Gasteiger partial charge is 0.221 e. The molecule has 2 N–H and O–H groups in total. The van der Waals surface area contributed by atoms with Crippen LogP contribution in [0.2, 0.25) is 0 Å². The third kappa shape index (κ3) is 3.69. The van der Waals surface area contributed by atoms with E-state index >= 15 is 0 Å². The topological polar surface area (TPSA) is 57.4 Å². The first-order valence-electron chi connectivity index (χ1n) is 6.17. The van der Waals surface area contributed by atoms with Gasteiger partial charge in [0.15, 0.2) is 0 Å². The molecule has 0 aliphatic carbocycles. The van der Waals surface area contributed by atoms with Crippen LogP contribution >= 0.6 is 0 Å². The van der Waals surface area contributed by atoms with Crippen molar-refractivity contribution in [1.29, 1.82) is 0 Å². The van der Waals surface area contributed by atoms with E-state index in [4.69, 9.17) is 15.2 Å². The van der Waals surface area contributed by atoms with Crippen molar-refractivity contribution in [3.63, 3.8) is 0 Å². The molecule has 0 atom stereocenters. The fraction of sp³-hybridized carbons (Fsp3) is 0.267. The van der Waals surface area contributed by atoms with Gasteiger partial charge < -0.3 is 15.2 Å². The third-order valence-electron chi connectivity index (χ3n) is 2.86. The largest absolute Gasteiger partial charge is 0.439 e. The zero-order valence-electron chi connectivity index (χ0n) is 11.2. The van der Waals surface area contributed by atoms with E-state index in [9.17, 15) is 0 Å². The van der Waals surface area contributed by atoms with Crippen LogP contribution in [0, 0.1) is 6.92 Å². The Bertz CT molecular complexity index is 538. The number of hydrogen-bond donors (Lipinski definition) is 1. The minimum Gasteiger partial charge on any atom is -0.439 e. The number of hydrogen-bond acceptors (Lipinski definition) is 4. The highest BCUT2D eigenvalue weighted by Gasteiger charge is 2.02. The Morgan fingerprint density at radius 2 is 1.95 bits per heavy atom. The van der Waals surface area contributed by atoms with Crippen molar-refractivity contribution in [1.82, 2.24) is 4.98 Å². The lowest BCUT2D eigenvalue weighted by Gasteiger charge is -2.07. The van der Waals surface area contributed by atoms with Crippen molar-refractivity contribution in [3.8, 4) is 11.6 Å². The number of anilines is 1. The van der Waals surface area contributed by atoms with Gasteiger partial charge in [-0.15, -0.1) is 0 Å². The lowest BCUT2D eigenvalue weighted by molar-refractivity contribution is 0.202. The van der Waals surface area contributed by atoms with Crippen LogP contribution in [-0.2, 0) is 11.2 Å². The van der Waals surface area contributed by atoms with Crippen LogP contribution in [0.3, 0.4) is 0 Å². The molecular weight excluding hydrogens is 240 g/mol. The first kappa shape index (κ1) is 13.4. The number of aryl methyl sites for hydroxylation is 1. The van der Waals surface area contributed by atoms with Gasteiger partial charge in [-0.25, -0.2) is 4.98 Å². The number of methoxy groups -OCH3 is 1. The molecule has 1 aromatic carbocycles. The Morgan fingerprint density at radius 3 is 2.58 bits per heavy atom. The van der Waals surface area contributed by atoms with E-state index in [2.05, 4.69) is 4.98 Å². The molecule has 0 amide bonds. The highest BCUT2D eigenvalue weighted by atomic mass is 16.5. The highest BCUT2D eigenvalue weighted by Crippen LogP contribution is 2.22. The predicted octanol–water partition coefficient (Wildman–Crippen LogP) is 2.95. The molecule has 4 nitrogen and oxygen atoms in total. The highest BCUT2D eigenvalue weighted by molar-refractivity contribution is 5.47. The maximum Gasteiger partial charge on any atom is 0.221 e. The summed E-state index contributed by atoms with van der Waals surface area (Å²) in [4.78, 5) is 4.18. The molecule has 19 heavy (non-hydrogen) atoms. The Morgan fingerprint density at radius 1 is 1.21 bits per heavy atom. The van der Waals surface area contributed by atoms with Crippen molar-refractivity contribution < 1.29 is 9.47 Å². The van der Waals surface area contributed by atoms with Gasteiger partial charge in [0.1, 0.15) is 5.75 Å². The van der Waals surface area contributed by atoms with Crippen molar-refractivity contribution in [2.45, 2.75) is 13.3 Å². The van der Waals surface area contributed by atoms with Gasteiger partial charge in [0.25, 0.3) is 0 Å². The number of aromatic nitrogens is 1. The van der Waals surface area contributed by atoms with Gasteiger partial charge in [-0.05, 0) is 36.6 Å². The summed E-state index contributed by atoms with van der Waals surface area (Å²) in [6, 6.07) is 9.61. The van der Waals surface area contributed by atoms with Crippen LogP contribution in [0.4, 0.5) is 5.69 Å². The molecule has 1 heterocycles. The molecule has 0 aliphatic rings. The number of benzene rings is 1. The number of pyridine rings is 1. The Hall–Kier alpha value is -2.07. The van der Waals surface area contributed by atoms with Crippen LogP contribution in [0.25, 0.3) is 0 Å². The molecule has 0 aliphatic heterocycles. The van der Waals surface area contributed by atoms with Crippen molar-refractivity contribution in [2.24, 2.45) is 0 Å². The molecule has 0 saturated heterocycles. The summed E-state index contributed by atoms with van der Waals surface area (Å²) in [5.41, 5.74) is 8.66. The van der Waals surface area contributed by atoms with E-state index in [0.717, 1.165) is 24.3 Å². The summed E-state index contributed by atoms with van der Waals surface area (Å²) in [5, 5.41) is 0. The number of ether oxygens (including phenoxy) is 2. The second-order valence-electron chi connectivity index (χ2n) is 4.37. The molecule has 1 aromatic heterocycles. The average molecular weight is 258 g/mol. The van der Waals surface area contributed by atoms with Crippen LogP contribution in [-0.4, -0.2) is 18.7 Å². The van der Waals surface area contributed by atoms with Crippen molar-refractivity contribution in [2.75, 3.05) is 19.5 Å². The molecule has 2 aromatic rings. The number of rotatable bonds is 5. The van der Waals surface area contributed by atoms with Gasteiger partial charge in [0, 0.05) is 25.1 Å². The van der Waals surface area contributed by atoms with Crippen molar-refractivity contribution >= 4 is 5.69 Å². The fourth-order valence-corrected chi connectivity index (χ4v) is 1.64. The first-order valence-corrected chi connectivity index (χ1v) is 6.17. The molecule has 0 fully saturated rings. The van der Waals surface area contributed by atoms with E-state index in [-0.39, 0.29) is 0 Å². The molecule has 0 radical (unpaired) electrons. The van der Waals surface area contributed by atoms with Gasteiger partial charge in [0.05, 0.1) is 6.61 Å². The van der Waals surface area contributed by atoms with Crippen LogP contribution in [0.15, 0.2) is 36.5 Å². The van der Waals surface area contributed by atoms with E-state index < -0.39 is 0 Å². The second kappa shape index (κ2) is 6.20. The summed E-state index contributed by atoms with van der Waals surface area (Å²) in [6.07, 6.45) is 2.60. The molecule has 100 valence electrons. The number of nitrogen functional groups attached to an aromatic ring is 1. The normalized spacial score (nSPS) is 10.4. The first-order chi connectivity index (χ1) is 9.19. The maximum absolute atomic E-state index is 5.82. The Kier molecular flexibility index (Phi) is 4.36. The Balaban J connectivity index is 2.04. The molecule has 4 heteroatoms. The summed E-state index contributed by atoms with van der Waals surface area (Å²) >= 11 is 0. The van der Waals surface area contributed by atoms with Crippen LogP contribution in [0.1, 0.15) is 11.1 Å². The predicted molar refractivity (Wildman–Crippen MR) is 75.5 cm³/mol. The molecule has 0 spiro atoms. The molecule has 0 unspecified atom stereocenters. The minimum absolute atomic E-state index is 0.507. The number of nitrogens with two attached hydrogens (primary N) is 1. The van der Waals surface area contributed by atoms with E-state index in [0.29, 0.717) is 11.6 Å². The molecular formula is C15H18N2O2. The molecule has 2 rings (SSSR count). The van der Waals surface area contributed by atoms with E-state index in [1.165, 1.54) is 5.56 Å². The number of nitrogens with zero attached hydrogens (tertiary/aromatic N) is 1. The van der Waals surface area contributed by atoms with Gasteiger partial charge in [0.2, 0.25) is 5.88 Å². The quantitative estimate of drug-likeness (QED) is 0.895. The van der Waals surface area contributed by atoms with Crippen molar-refractivity contribution in [3.05, 3.63) is 47.7 Å². The minimum atomic E-state index is 0.507. The van der Waals surface area contributed by atoms with Gasteiger partial charge >= 0.3 is 0 Å². The van der Waals surface area contributed by atoms with E-state index in [1.54, 1.807) is 19.4 Å². The zero-order chi connectivity index (χ0) is 13.7. The summed E-state index contributed by atoms with van der Waals surface area (Å²) in [7, 11) is 1.70. The van der Waals surface area contributed by atoms with Gasteiger partial charge in [-0.1, -0.05) is 12.1 Å². The lowest BCUT2D eigenvalue weighted by Crippen LogP contribution is -1.95. The van der Waals surface area contributed by atoms with Gasteiger partial charge in [-0.2, -0.15) is 0 Å². The van der Waals surface area contributed by atoms with Crippen LogP contribution < -0.4 is 10.5 Å². The Labute approximate surface area is 113 Å². The van der Waals surface area contributed by atoms with E-state index in [1.807, 2.05) is 31.2 Å². The second-order valence-corrected chi connectivity index (χ2v) is 4.37. The fourth-order valence-electron chi connectivity index (χ4n) is 1.64. The SMILES string of the molecule is COCCc1ccc(Oc2cc(N)c(C)cn2)cc1. The summed E-state index contributed by atoms with van der Waals surface area (Å²) in [5.74, 6) is 1.25. The lowest BCUT2D eigenvalue weighted by atomic mass is 10.1. The van der Waals surface area contributed by atoms with Gasteiger partial charge in [-0.3, -0.25) is 0 Å². The molecule has 0 bridgehead atoms. The summed E-state index contributed by atoms with van der Waals surface area (Å²) < 4.78 is 10.7. The standard InChI is InChI=1S/C15H18N2O2/c1-11-10-17-15(9-14(11)16)19-13-5-3-12(4-6-13)7-8-18-2/h3-6,9-10H,7-8H2,1-2H3,(H2,16,17). The monoisotopic (exact) mass is 258 g/mol. The average Bonchev–Trinajstić information content (AvgIpc) is 2.42. The summed E-state index contributed by atoms with van der Waals surface area (Å²) in [6.45, 7) is 2.63. The van der Waals surface area contributed by atoms with Crippen LogP contribution in [0.5, 0.6) is 11.6 Å². The third-order valence-corrected chi connectivity index (χ3v) is 2.86. The maximum atomic E-state index is 5.82. The molecule has 0 saturated carbocycles.